The van der Waals surface area contributed by atoms with E-state index in [1.807, 2.05) is 41.3 Å². The molecule has 0 aliphatic carbocycles. The summed E-state index contributed by atoms with van der Waals surface area (Å²) in [6.07, 6.45) is 3.71. The zero-order chi connectivity index (χ0) is 21.4. The van der Waals surface area contributed by atoms with E-state index in [9.17, 15) is 9.59 Å². The Balaban J connectivity index is 1.39. The summed E-state index contributed by atoms with van der Waals surface area (Å²) in [4.78, 5) is 26.8. The number of fused-ring (bicyclic) bond motifs is 1. The molecule has 2 N–H and O–H groups in total. The number of nitrogens with zero attached hydrogens (tertiary/aromatic N) is 3. The van der Waals surface area contributed by atoms with Crippen molar-refractivity contribution in [3.8, 4) is 0 Å². The fourth-order valence-electron chi connectivity index (χ4n) is 4.41. The molecular weight excluding hydrogens is 396 g/mol. The van der Waals surface area contributed by atoms with Gasteiger partial charge in [-0.1, -0.05) is 18.2 Å². The van der Waals surface area contributed by atoms with Gasteiger partial charge in [0.1, 0.15) is 23.1 Å². The number of primary amides is 1. The number of likely N-dealkylation sites (tertiary alicyclic amines) is 1. The Bertz CT molecular complexity index is 1100. The normalized spacial score (nSPS) is 22.1. The lowest BCUT2D eigenvalue weighted by Crippen LogP contribution is -2.45. The molecule has 5 rings (SSSR count). The van der Waals surface area contributed by atoms with Crippen molar-refractivity contribution in [1.29, 1.82) is 0 Å². The van der Waals surface area contributed by atoms with Gasteiger partial charge in [0.25, 0.3) is 5.91 Å². The number of furan rings is 2. The summed E-state index contributed by atoms with van der Waals surface area (Å²) < 4.78 is 11.6. The summed E-state index contributed by atoms with van der Waals surface area (Å²) >= 11 is 0. The van der Waals surface area contributed by atoms with Crippen LogP contribution in [0.1, 0.15) is 36.8 Å². The number of nitrogens with two attached hydrogens (primary N) is 1. The van der Waals surface area contributed by atoms with Crippen molar-refractivity contribution in [2.75, 3.05) is 19.6 Å². The highest BCUT2D eigenvalue weighted by Gasteiger charge is 2.37. The molecule has 2 amide bonds. The van der Waals surface area contributed by atoms with E-state index in [1.165, 1.54) is 5.01 Å². The predicted octanol–water partition coefficient (Wildman–Crippen LogP) is 2.90. The minimum atomic E-state index is -0.331. The maximum absolute atomic E-state index is 13.2. The van der Waals surface area contributed by atoms with Crippen molar-refractivity contribution in [3.63, 3.8) is 0 Å². The second-order valence-electron chi connectivity index (χ2n) is 8.15. The Morgan fingerprint density at radius 1 is 1.19 bits per heavy atom. The molecule has 1 aromatic carbocycles. The van der Waals surface area contributed by atoms with Gasteiger partial charge in [-0.2, -0.15) is 5.10 Å². The number of para-hydroxylation sites is 1. The minimum Gasteiger partial charge on any atom is -0.467 e. The topological polar surface area (TPSA) is 105 Å². The van der Waals surface area contributed by atoms with Crippen LogP contribution < -0.4 is 5.73 Å². The first-order valence-corrected chi connectivity index (χ1v) is 10.5. The van der Waals surface area contributed by atoms with Gasteiger partial charge in [-0.05, 0) is 43.7 Å². The highest BCUT2D eigenvalue weighted by molar-refractivity contribution is 6.03. The van der Waals surface area contributed by atoms with Gasteiger partial charge < -0.3 is 14.6 Å². The van der Waals surface area contributed by atoms with E-state index in [1.54, 1.807) is 12.3 Å². The quantitative estimate of drug-likeness (QED) is 0.683. The van der Waals surface area contributed by atoms with Crippen LogP contribution in [0.5, 0.6) is 0 Å². The molecule has 1 fully saturated rings. The number of carbonyl (C=O) groups is 2. The van der Waals surface area contributed by atoms with Crippen molar-refractivity contribution in [1.82, 2.24) is 9.91 Å². The third-order valence-electron chi connectivity index (χ3n) is 6.01. The number of carbonyl (C=O) groups excluding carboxylic acids is 2. The molecule has 2 aliphatic heterocycles. The second kappa shape index (κ2) is 8.03. The van der Waals surface area contributed by atoms with E-state index in [0.29, 0.717) is 30.2 Å². The Hall–Kier alpha value is -3.39. The number of hydrazone groups is 1. The van der Waals surface area contributed by atoms with Crippen LogP contribution in [-0.2, 0) is 9.59 Å². The largest absolute Gasteiger partial charge is 0.467 e. The van der Waals surface area contributed by atoms with Crippen LogP contribution in [0.2, 0.25) is 0 Å². The number of amides is 2. The molecule has 160 valence electrons. The summed E-state index contributed by atoms with van der Waals surface area (Å²) in [6.45, 7) is 1.44. The van der Waals surface area contributed by atoms with Gasteiger partial charge >= 0.3 is 0 Å². The van der Waals surface area contributed by atoms with Crippen molar-refractivity contribution in [2.45, 2.75) is 25.3 Å². The molecule has 0 radical (unpaired) electrons. The summed E-state index contributed by atoms with van der Waals surface area (Å²) in [7, 11) is 0. The molecule has 2 aromatic heterocycles. The molecule has 2 aliphatic rings. The lowest BCUT2D eigenvalue weighted by molar-refractivity contribution is -0.136. The zero-order valence-corrected chi connectivity index (χ0v) is 17.1. The zero-order valence-electron chi connectivity index (χ0n) is 17.1. The third-order valence-corrected chi connectivity index (χ3v) is 6.01. The molecular formula is C23H24N4O4. The molecule has 8 nitrogen and oxygen atoms in total. The standard InChI is InChI=1S/C23H24N4O4/c24-23(29)16-6-3-9-26(13-16)14-22(28)27-18(20-8-4-10-30-20)12-17(25-27)21-11-15-5-1-2-7-19(15)31-21/h1-2,4-5,7-8,10-11,16,18H,3,6,9,12-14H2,(H2,24,29)/t16-,18+/m1/s1. The van der Waals surface area contributed by atoms with Gasteiger partial charge in [-0.3, -0.25) is 14.5 Å². The first-order chi connectivity index (χ1) is 15.1. The third kappa shape index (κ3) is 3.86. The van der Waals surface area contributed by atoms with Gasteiger partial charge in [0.2, 0.25) is 5.91 Å². The molecule has 1 saturated heterocycles. The fourth-order valence-corrected chi connectivity index (χ4v) is 4.41. The Morgan fingerprint density at radius 3 is 2.84 bits per heavy atom. The first-order valence-electron chi connectivity index (χ1n) is 10.5. The Kier molecular flexibility index (Phi) is 5.07. The average molecular weight is 420 g/mol. The van der Waals surface area contributed by atoms with E-state index in [-0.39, 0.29) is 30.3 Å². The van der Waals surface area contributed by atoms with Gasteiger partial charge in [0.05, 0.1) is 18.7 Å². The van der Waals surface area contributed by atoms with Crippen molar-refractivity contribution in [2.24, 2.45) is 16.8 Å². The van der Waals surface area contributed by atoms with Crippen LogP contribution in [0.15, 0.2) is 62.7 Å². The Morgan fingerprint density at radius 2 is 2.06 bits per heavy atom. The molecule has 0 bridgehead atoms. The van der Waals surface area contributed by atoms with Crippen LogP contribution in [0.3, 0.4) is 0 Å². The van der Waals surface area contributed by atoms with Crippen LogP contribution in [-0.4, -0.2) is 47.1 Å². The SMILES string of the molecule is NC(=O)[C@@H]1CCCN(CC(=O)N2N=C(c3cc4ccccc4o3)C[C@H]2c2ccco2)C1. The van der Waals surface area contributed by atoms with Crippen molar-refractivity contribution in [3.05, 3.63) is 60.2 Å². The van der Waals surface area contributed by atoms with E-state index >= 15 is 0 Å². The molecule has 31 heavy (non-hydrogen) atoms. The van der Waals surface area contributed by atoms with Gasteiger partial charge in [-0.25, -0.2) is 5.01 Å². The van der Waals surface area contributed by atoms with E-state index < -0.39 is 0 Å². The van der Waals surface area contributed by atoms with Gasteiger partial charge in [0, 0.05) is 18.4 Å². The highest BCUT2D eigenvalue weighted by Crippen LogP contribution is 2.34. The summed E-state index contributed by atoms with van der Waals surface area (Å²) in [6, 6.07) is 13.0. The first kappa shape index (κ1) is 19.6. The number of piperidine rings is 1. The molecule has 4 heterocycles. The van der Waals surface area contributed by atoms with Gasteiger partial charge in [-0.15, -0.1) is 0 Å². The number of benzene rings is 1. The Labute approximate surface area is 179 Å². The summed E-state index contributed by atoms with van der Waals surface area (Å²) in [5, 5.41) is 7.13. The monoisotopic (exact) mass is 420 g/mol. The molecule has 8 heteroatoms. The fraction of sp³-hybridized carbons (Fsp3) is 0.348. The summed E-state index contributed by atoms with van der Waals surface area (Å²) in [5.41, 5.74) is 6.97. The number of hydrogen-bond donors (Lipinski definition) is 1. The van der Waals surface area contributed by atoms with E-state index in [2.05, 4.69) is 5.10 Å². The lowest BCUT2D eigenvalue weighted by Gasteiger charge is -2.31. The molecule has 3 aromatic rings. The minimum absolute atomic E-state index is 0.141. The van der Waals surface area contributed by atoms with Crippen LogP contribution in [0.4, 0.5) is 0 Å². The lowest BCUT2D eigenvalue weighted by atomic mass is 9.97. The number of rotatable bonds is 5. The predicted molar refractivity (Wildman–Crippen MR) is 114 cm³/mol. The van der Waals surface area contributed by atoms with E-state index in [4.69, 9.17) is 14.6 Å². The number of hydrogen-bond acceptors (Lipinski definition) is 6. The molecule has 0 spiro atoms. The molecule has 0 unspecified atom stereocenters. The second-order valence-corrected chi connectivity index (χ2v) is 8.15. The smallest absolute Gasteiger partial charge is 0.257 e. The maximum Gasteiger partial charge on any atom is 0.257 e. The van der Waals surface area contributed by atoms with E-state index in [0.717, 1.165) is 30.4 Å². The summed E-state index contributed by atoms with van der Waals surface area (Å²) in [5.74, 6) is 0.668. The average Bonchev–Trinajstić information content (AvgIpc) is 3.52. The molecule has 2 atom stereocenters. The van der Waals surface area contributed by atoms with Crippen molar-refractivity contribution < 1.29 is 18.4 Å². The molecule has 0 saturated carbocycles. The van der Waals surface area contributed by atoms with Crippen LogP contribution in [0.25, 0.3) is 11.0 Å². The maximum atomic E-state index is 13.2. The highest BCUT2D eigenvalue weighted by atomic mass is 16.3. The van der Waals surface area contributed by atoms with Crippen LogP contribution in [0, 0.1) is 5.92 Å². The van der Waals surface area contributed by atoms with Crippen LogP contribution >= 0.6 is 0 Å². The van der Waals surface area contributed by atoms with Crippen molar-refractivity contribution >= 4 is 28.5 Å². The van der Waals surface area contributed by atoms with Gasteiger partial charge in [0.15, 0.2) is 5.76 Å².